The molecule has 3 rings (SSSR count). The summed E-state index contributed by atoms with van der Waals surface area (Å²) < 4.78 is 138. The molecule has 2 aromatic rings. The van der Waals surface area contributed by atoms with Crippen molar-refractivity contribution in [2.75, 3.05) is 25.7 Å². The van der Waals surface area contributed by atoms with Gasteiger partial charge in [0.05, 0.1) is 54.3 Å². The van der Waals surface area contributed by atoms with Gasteiger partial charge in [0.2, 0.25) is 0 Å². The average Bonchev–Trinajstić information content (AvgIpc) is 2.88. The van der Waals surface area contributed by atoms with Crippen molar-refractivity contribution in [2.24, 2.45) is 0 Å². The summed E-state index contributed by atoms with van der Waals surface area (Å²) in [7, 11) is 2.15. The van der Waals surface area contributed by atoms with Crippen LogP contribution in [0.3, 0.4) is 0 Å². The number of rotatable bonds is 6. The fourth-order valence-electron chi connectivity index (χ4n) is 4.77. The number of ether oxygens (including phenoxy) is 3. The SMILES string of the molecule is COC[C@H]1C[C@H](N(Cc2cc(C(F)(F)F)cc(C(F)(F)F)c2)C(=O)OC)c2cc(C(F)(F)F)ccc2N1C(=O)OC(C)C. The molecule has 16 heteroatoms. The molecule has 1 heterocycles. The molecule has 7 nitrogen and oxygen atoms in total. The highest BCUT2D eigenvalue weighted by Crippen LogP contribution is 2.45. The number of anilines is 1. The van der Waals surface area contributed by atoms with E-state index in [2.05, 4.69) is 0 Å². The Balaban J connectivity index is 2.25. The maximum absolute atomic E-state index is 13.8. The Morgan fingerprint density at radius 1 is 0.884 bits per heavy atom. The van der Waals surface area contributed by atoms with Gasteiger partial charge in [-0.2, -0.15) is 39.5 Å². The van der Waals surface area contributed by atoms with Crippen molar-refractivity contribution in [1.82, 2.24) is 4.90 Å². The van der Waals surface area contributed by atoms with Crippen molar-refractivity contribution in [2.45, 2.75) is 63.5 Å². The third kappa shape index (κ3) is 7.83. The topological polar surface area (TPSA) is 68.3 Å². The minimum absolute atomic E-state index is 0.0929. The highest BCUT2D eigenvalue weighted by atomic mass is 19.4. The number of carbonyl (C=O) groups is 2. The van der Waals surface area contributed by atoms with Crippen LogP contribution >= 0.6 is 0 Å². The van der Waals surface area contributed by atoms with Gasteiger partial charge in [0.25, 0.3) is 0 Å². The molecular weight excluding hydrogens is 603 g/mol. The number of methoxy groups -OCH3 is 2. The highest BCUT2D eigenvalue weighted by Gasteiger charge is 2.44. The van der Waals surface area contributed by atoms with Gasteiger partial charge in [0.15, 0.2) is 0 Å². The number of halogens is 9. The lowest BCUT2D eigenvalue weighted by Gasteiger charge is -2.43. The lowest BCUT2D eigenvalue weighted by Crippen LogP contribution is -2.51. The number of benzene rings is 2. The van der Waals surface area contributed by atoms with E-state index in [1.165, 1.54) is 21.0 Å². The molecule has 2 aromatic carbocycles. The summed E-state index contributed by atoms with van der Waals surface area (Å²) in [5, 5.41) is 0. The molecule has 0 fully saturated rings. The molecule has 1 aliphatic heterocycles. The first-order valence-electron chi connectivity index (χ1n) is 12.6. The van der Waals surface area contributed by atoms with E-state index >= 15 is 0 Å². The summed E-state index contributed by atoms with van der Waals surface area (Å²) in [6.45, 7) is 1.93. The minimum Gasteiger partial charge on any atom is -0.453 e. The van der Waals surface area contributed by atoms with Gasteiger partial charge in [0, 0.05) is 13.7 Å². The van der Waals surface area contributed by atoms with E-state index < -0.39 is 77.7 Å². The molecule has 0 N–H and O–H groups in total. The van der Waals surface area contributed by atoms with E-state index in [1.54, 1.807) is 0 Å². The van der Waals surface area contributed by atoms with Gasteiger partial charge in [-0.15, -0.1) is 0 Å². The lowest BCUT2D eigenvalue weighted by molar-refractivity contribution is -0.143. The molecule has 0 saturated carbocycles. The van der Waals surface area contributed by atoms with Crippen LogP contribution in [0.1, 0.15) is 54.1 Å². The molecule has 0 aliphatic carbocycles. The molecule has 238 valence electrons. The maximum Gasteiger partial charge on any atom is 0.416 e. The van der Waals surface area contributed by atoms with Crippen LogP contribution in [0, 0.1) is 0 Å². The van der Waals surface area contributed by atoms with Crippen molar-refractivity contribution in [1.29, 1.82) is 0 Å². The van der Waals surface area contributed by atoms with E-state index in [9.17, 15) is 49.1 Å². The Bertz CT molecular complexity index is 1290. The van der Waals surface area contributed by atoms with Gasteiger partial charge in [0.1, 0.15) is 0 Å². The monoisotopic (exact) mass is 630 g/mol. The van der Waals surface area contributed by atoms with Gasteiger partial charge < -0.3 is 14.2 Å². The summed E-state index contributed by atoms with van der Waals surface area (Å²) in [5.74, 6) is 0. The number of alkyl halides is 9. The van der Waals surface area contributed by atoms with Crippen LogP contribution in [-0.2, 0) is 39.3 Å². The first-order valence-corrected chi connectivity index (χ1v) is 12.6. The molecule has 0 bridgehead atoms. The van der Waals surface area contributed by atoms with Gasteiger partial charge in [-0.3, -0.25) is 9.80 Å². The quantitative estimate of drug-likeness (QED) is 0.305. The van der Waals surface area contributed by atoms with Crippen molar-refractivity contribution >= 4 is 17.9 Å². The number of hydrogen-bond donors (Lipinski definition) is 0. The predicted octanol–water partition coefficient (Wildman–Crippen LogP) is 7.82. The van der Waals surface area contributed by atoms with Crippen molar-refractivity contribution in [3.05, 3.63) is 64.2 Å². The van der Waals surface area contributed by atoms with Crippen LogP contribution in [0.25, 0.3) is 0 Å². The van der Waals surface area contributed by atoms with Crippen molar-refractivity contribution < 1.29 is 63.3 Å². The molecule has 0 aromatic heterocycles. The van der Waals surface area contributed by atoms with Crippen LogP contribution in [0.15, 0.2) is 36.4 Å². The molecular formula is C27H27F9N2O5. The second-order valence-corrected chi connectivity index (χ2v) is 9.95. The smallest absolute Gasteiger partial charge is 0.416 e. The number of nitrogens with zero attached hydrogens (tertiary/aromatic N) is 2. The van der Waals surface area contributed by atoms with Gasteiger partial charge in [-0.05, 0) is 67.8 Å². The van der Waals surface area contributed by atoms with Crippen LogP contribution < -0.4 is 4.90 Å². The fraction of sp³-hybridized carbons (Fsp3) is 0.481. The number of amides is 2. The predicted molar refractivity (Wildman–Crippen MR) is 133 cm³/mol. The van der Waals surface area contributed by atoms with Crippen molar-refractivity contribution in [3.8, 4) is 0 Å². The third-order valence-electron chi connectivity index (χ3n) is 6.51. The second kappa shape index (κ2) is 12.5. The highest BCUT2D eigenvalue weighted by molar-refractivity contribution is 5.91. The van der Waals surface area contributed by atoms with Gasteiger partial charge >= 0.3 is 30.7 Å². The molecule has 43 heavy (non-hydrogen) atoms. The van der Waals surface area contributed by atoms with Crippen molar-refractivity contribution in [3.63, 3.8) is 0 Å². The van der Waals surface area contributed by atoms with E-state index in [4.69, 9.17) is 14.2 Å². The van der Waals surface area contributed by atoms with Gasteiger partial charge in [-0.1, -0.05) is 0 Å². The summed E-state index contributed by atoms with van der Waals surface area (Å²) in [6.07, 6.45) is -18.4. The molecule has 0 unspecified atom stereocenters. The second-order valence-electron chi connectivity index (χ2n) is 9.95. The summed E-state index contributed by atoms with van der Waals surface area (Å²) in [4.78, 5) is 27.8. The van der Waals surface area contributed by atoms with Crippen LogP contribution in [0.4, 0.5) is 54.8 Å². The lowest BCUT2D eigenvalue weighted by atomic mass is 9.88. The third-order valence-corrected chi connectivity index (χ3v) is 6.51. The zero-order valence-electron chi connectivity index (χ0n) is 23.2. The fourth-order valence-corrected chi connectivity index (χ4v) is 4.77. The Morgan fingerprint density at radius 3 is 1.91 bits per heavy atom. The van der Waals surface area contributed by atoms with Crippen LogP contribution in [-0.4, -0.2) is 50.1 Å². The summed E-state index contributed by atoms with van der Waals surface area (Å²) >= 11 is 0. The summed E-state index contributed by atoms with van der Waals surface area (Å²) in [5.41, 5.74) is -5.49. The van der Waals surface area contributed by atoms with Gasteiger partial charge in [-0.25, -0.2) is 9.59 Å². The summed E-state index contributed by atoms with van der Waals surface area (Å²) in [6, 6.07) is 0.621. The largest absolute Gasteiger partial charge is 0.453 e. The van der Waals surface area contributed by atoms with E-state index in [0.29, 0.717) is 29.2 Å². The number of hydrogen-bond acceptors (Lipinski definition) is 5. The first kappa shape index (κ1) is 33.8. The molecule has 1 aliphatic rings. The minimum atomic E-state index is -5.19. The Hall–Kier alpha value is -3.69. The molecule has 0 saturated heterocycles. The number of carbonyl (C=O) groups excluding carboxylic acids is 2. The zero-order valence-corrected chi connectivity index (χ0v) is 23.2. The van der Waals surface area contributed by atoms with E-state index in [0.717, 1.165) is 18.1 Å². The van der Waals surface area contributed by atoms with Crippen LogP contribution in [0.2, 0.25) is 0 Å². The molecule has 2 atom stereocenters. The van der Waals surface area contributed by atoms with E-state index in [1.807, 2.05) is 0 Å². The molecule has 2 amide bonds. The van der Waals surface area contributed by atoms with Crippen LogP contribution in [0.5, 0.6) is 0 Å². The normalized spacial score (nSPS) is 17.5. The first-order chi connectivity index (χ1) is 19.8. The zero-order chi connectivity index (χ0) is 32.5. The Kier molecular flexibility index (Phi) is 9.83. The molecule has 0 spiro atoms. The Labute approximate surface area is 240 Å². The van der Waals surface area contributed by atoms with E-state index in [-0.39, 0.29) is 30.3 Å². The molecule has 0 radical (unpaired) electrons. The number of fused-ring (bicyclic) bond motifs is 1. The maximum atomic E-state index is 13.8. The average molecular weight is 631 g/mol. The Morgan fingerprint density at radius 2 is 1.44 bits per heavy atom. The standard InChI is InChI=1S/C27H27F9N2O5/c1-14(2)43-24(40)38-19(13-41-3)11-22(20-10-16(25(28,29)30)5-6-21(20)38)37(23(39)42-4)12-15-7-17(26(31,32)33)9-18(8-15)27(34,35)36/h5-10,14,19,22H,11-13H2,1-4H3/t19-,22+/m1/s1.